The van der Waals surface area contributed by atoms with E-state index >= 15 is 0 Å². The lowest BCUT2D eigenvalue weighted by molar-refractivity contribution is -0.137. The fraction of sp³-hybridized carbons (Fsp3) is 0.387. The van der Waals surface area contributed by atoms with Crippen LogP contribution in [0.1, 0.15) is 65.6 Å². The van der Waals surface area contributed by atoms with Gasteiger partial charge in [-0.15, -0.1) is 0 Å². The van der Waals surface area contributed by atoms with Gasteiger partial charge in [0.2, 0.25) is 15.9 Å². The number of alkyl halides is 4. The van der Waals surface area contributed by atoms with Gasteiger partial charge < -0.3 is 5.32 Å². The van der Waals surface area contributed by atoms with Crippen LogP contribution in [0.4, 0.5) is 17.6 Å². The summed E-state index contributed by atoms with van der Waals surface area (Å²) >= 11 is 0. The molecule has 1 aliphatic heterocycles. The minimum atomic E-state index is -4.70. The van der Waals surface area contributed by atoms with E-state index in [0.29, 0.717) is 30.9 Å². The van der Waals surface area contributed by atoms with Crippen LogP contribution < -0.4 is 10.0 Å². The molecule has 0 spiro atoms. The second-order valence-electron chi connectivity index (χ2n) is 11.0. The summed E-state index contributed by atoms with van der Waals surface area (Å²) in [6.07, 6.45) is -3.07. The fourth-order valence-electron chi connectivity index (χ4n) is 5.68. The van der Waals surface area contributed by atoms with E-state index in [2.05, 4.69) is 21.0 Å². The predicted molar refractivity (Wildman–Crippen MR) is 151 cm³/mol. The summed E-state index contributed by atoms with van der Waals surface area (Å²) in [7, 11) is -4.39. The van der Waals surface area contributed by atoms with Gasteiger partial charge in [-0.25, -0.2) is 17.5 Å². The average Bonchev–Trinajstić information content (AvgIpc) is 3.35. The van der Waals surface area contributed by atoms with E-state index in [1.165, 1.54) is 0 Å². The molecule has 1 heterocycles. The number of sulfonamides is 1. The molecule has 2 N–H and O–H groups in total. The summed E-state index contributed by atoms with van der Waals surface area (Å²) in [5.41, 5.74) is 2.73. The number of piperidine rings is 1. The number of amides is 1. The molecule has 1 fully saturated rings. The Balaban J connectivity index is 1.27. The third kappa shape index (κ3) is 7.37. The average molecular weight is 604 g/mol. The Bertz CT molecular complexity index is 1510. The molecule has 0 aromatic heterocycles. The monoisotopic (exact) mass is 603 g/mol. The summed E-state index contributed by atoms with van der Waals surface area (Å²) in [6.45, 7) is 2.22. The SMILES string of the molecule is O=C(CC(NS(=O)(=O)c1cccc(C(F)(F)F)c1)c1ccccc1)N[C@@H]1CCc2cc(CN3CCC(F)CC3)ccc21. The Morgan fingerprint density at radius 2 is 1.69 bits per heavy atom. The number of halogens is 4. The lowest BCUT2D eigenvalue weighted by Crippen LogP contribution is -2.35. The number of hydrogen-bond donors (Lipinski definition) is 2. The predicted octanol–water partition coefficient (Wildman–Crippen LogP) is 5.85. The second-order valence-corrected chi connectivity index (χ2v) is 12.7. The van der Waals surface area contributed by atoms with Crippen molar-refractivity contribution in [2.45, 2.75) is 68.0 Å². The van der Waals surface area contributed by atoms with Crippen LogP contribution in [0.25, 0.3) is 0 Å². The van der Waals surface area contributed by atoms with E-state index < -0.39 is 38.9 Å². The lowest BCUT2D eigenvalue weighted by atomic mass is 10.0. The molecular formula is C31H33F4N3O3S. The van der Waals surface area contributed by atoms with Gasteiger partial charge in [0.25, 0.3) is 0 Å². The van der Waals surface area contributed by atoms with Crippen LogP contribution in [0.2, 0.25) is 0 Å². The maximum absolute atomic E-state index is 13.5. The maximum Gasteiger partial charge on any atom is 0.416 e. The number of fused-ring (bicyclic) bond motifs is 1. The van der Waals surface area contributed by atoms with Crippen LogP contribution in [-0.2, 0) is 34.0 Å². The fourth-order valence-corrected chi connectivity index (χ4v) is 6.95. The largest absolute Gasteiger partial charge is 0.416 e. The number of benzene rings is 3. The molecule has 6 nitrogen and oxygen atoms in total. The molecule has 224 valence electrons. The molecule has 3 aromatic rings. The van der Waals surface area contributed by atoms with E-state index in [1.54, 1.807) is 30.3 Å². The van der Waals surface area contributed by atoms with Gasteiger partial charge in [0.1, 0.15) is 6.17 Å². The van der Waals surface area contributed by atoms with Crippen LogP contribution in [0.5, 0.6) is 0 Å². The molecule has 2 atom stereocenters. The summed E-state index contributed by atoms with van der Waals surface area (Å²) in [4.78, 5) is 14.9. The van der Waals surface area contributed by atoms with Gasteiger partial charge in [-0.3, -0.25) is 9.69 Å². The molecule has 1 unspecified atom stereocenters. The van der Waals surface area contributed by atoms with Crippen LogP contribution in [0.3, 0.4) is 0 Å². The first-order chi connectivity index (χ1) is 20.0. The minimum absolute atomic E-state index is 0.236. The van der Waals surface area contributed by atoms with Crippen molar-refractivity contribution in [3.05, 3.63) is 101 Å². The Labute approximate surface area is 243 Å². The highest BCUT2D eigenvalue weighted by molar-refractivity contribution is 7.89. The number of nitrogens with zero attached hydrogens (tertiary/aromatic N) is 1. The van der Waals surface area contributed by atoms with Gasteiger partial charge in [-0.1, -0.05) is 54.6 Å². The highest BCUT2D eigenvalue weighted by Crippen LogP contribution is 2.34. The van der Waals surface area contributed by atoms with Crippen molar-refractivity contribution in [3.63, 3.8) is 0 Å². The molecule has 1 amide bonds. The Morgan fingerprint density at radius 3 is 2.40 bits per heavy atom. The topological polar surface area (TPSA) is 78.5 Å². The van der Waals surface area contributed by atoms with Crippen LogP contribution >= 0.6 is 0 Å². The molecule has 0 saturated carbocycles. The standard InChI is InChI=1S/C31H33F4N3O3S/c32-25-13-15-38(16-14-25)20-21-9-11-27-23(17-21)10-12-28(27)36-30(39)19-29(22-5-2-1-3-6-22)37-42(40,41)26-8-4-7-24(18-26)31(33,34)35/h1-9,11,17-18,25,28-29,37H,10,12-16,19-20H2,(H,36,39)/t28-,29?/m1/s1. The lowest BCUT2D eigenvalue weighted by Gasteiger charge is -2.28. The molecule has 0 bridgehead atoms. The molecule has 1 saturated heterocycles. The molecular weight excluding hydrogens is 570 g/mol. The van der Waals surface area contributed by atoms with Gasteiger partial charge in [-0.05, 0) is 66.1 Å². The molecule has 11 heteroatoms. The van der Waals surface area contributed by atoms with Gasteiger partial charge >= 0.3 is 6.18 Å². The quantitative estimate of drug-likeness (QED) is 0.301. The minimum Gasteiger partial charge on any atom is -0.349 e. The summed E-state index contributed by atoms with van der Waals surface area (Å²) in [5.74, 6) is -0.383. The Kier molecular flexibility index (Phi) is 9.00. The number of likely N-dealkylation sites (tertiary alicyclic amines) is 1. The zero-order valence-electron chi connectivity index (χ0n) is 22.9. The molecule has 5 rings (SSSR count). The van der Waals surface area contributed by atoms with Crippen LogP contribution in [-0.4, -0.2) is 38.5 Å². The smallest absolute Gasteiger partial charge is 0.349 e. The van der Waals surface area contributed by atoms with Gasteiger partial charge in [-0.2, -0.15) is 13.2 Å². The highest BCUT2D eigenvalue weighted by atomic mass is 32.2. The van der Waals surface area contributed by atoms with E-state index in [0.717, 1.165) is 60.9 Å². The number of carbonyl (C=O) groups is 1. The summed E-state index contributed by atoms with van der Waals surface area (Å²) in [6, 6.07) is 16.9. The molecule has 0 radical (unpaired) electrons. The highest BCUT2D eigenvalue weighted by Gasteiger charge is 2.33. The summed E-state index contributed by atoms with van der Waals surface area (Å²) < 4.78 is 81.8. The van der Waals surface area contributed by atoms with E-state index in [4.69, 9.17) is 0 Å². The summed E-state index contributed by atoms with van der Waals surface area (Å²) in [5, 5.41) is 3.02. The zero-order chi connectivity index (χ0) is 29.9. The van der Waals surface area contributed by atoms with Gasteiger partial charge in [0.15, 0.2) is 0 Å². The van der Waals surface area contributed by atoms with Crippen molar-refractivity contribution in [2.24, 2.45) is 0 Å². The Hall–Kier alpha value is -3.28. The first kappa shape index (κ1) is 30.2. The van der Waals surface area contributed by atoms with Crippen molar-refractivity contribution < 1.29 is 30.8 Å². The number of aryl methyl sites for hydroxylation is 1. The van der Waals surface area contributed by atoms with E-state index in [1.807, 2.05) is 12.1 Å². The van der Waals surface area contributed by atoms with Crippen molar-refractivity contribution in [2.75, 3.05) is 13.1 Å². The first-order valence-corrected chi connectivity index (χ1v) is 15.5. The van der Waals surface area contributed by atoms with E-state index in [9.17, 15) is 30.8 Å². The molecule has 3 aromatic carbocycles. The molecule has 2 aliphatic rings. The first-order valence-electron chi connectivity index (χ1n) is 14.0. The van der Waals surface area contributed by atoms with Crippen LogP contribution in [0.15, 0.2) is 77.7 Å². The van der Waals surface area contributed by atoms with Crippen LogP contribution in [0, 0.1) is 0 Å². The van der Waals surface area contributed by atoms with Gasteiger partial charge in [0, 0.05) is 26.1 Å². The van der Waals surface area contributed by atoms with Crippen molar-refractivity contribution in [1.29, 1.82) is 0 Å². The third-order valence-electron chi connectivity index (χ3n) is 7.90. The van der Waals surface area contributed by atoms with Crippen molar-refractivity contribution in [3.8, 4) is 0 Å². The van der Waals surface area contributed by atoms with Crippen molar-refractivity contribution >= 4 is 15.9 Å². The number of nitrogens with one attached hydrogen (secondary N) is 2. The third-order valence-corrected chi connectivity index (χ3v) is 9.37. The van der Waals surface area contributed by atoms with E-state index in [-0.39, 0.29) is 18.4 Å². The number of carbonyl (C=O) groups excluding carboxylic acids is 1. The van der Waals surface area contributed by atoms with Crippen molar-refractivity contribution in [1.82, 2.24) is 14.9 Å². The zero-order valence-corrected chi connectivity index (χ0v) is 23.7. The van der Waals surface area contributed by atoms with Gasteiger partial charge in [0.05, 0.1) is 22.5 Å². The Morgan fingerprint density at radius 1 is 0.952 bits per heavy atom. The second kappa shape index (κ2) is 12.5. The molecule has 1 aliphatic carbocycles. The molecule has 42 heavy (non-hydrogen) atoms. The number of hydrogen-bond acceptors (Lipinski definition) is 4. The number of rotatable bonds is 9. The normalized spacial score (nSPS) is 18.9. The maximum atomic E-state index is 13.5.